The molecular weight excluding hydrogens is 341 g/mol. The van der Waals surface area contributed by atoms with Crippen molar-refractivity contribution >= 4 is 18.3 Å². The third-order valence-electron chi connectivity index (χ3n) is 4.24. The van der Waals surface area contributed by atoms with Crippen LogP contribution < -0.4 is 10.6 Å². The number of rotatable bonds is 4. The molecule has 0 radical (unpaired) electrons. The monoisotopic (exact) mass is 364 g/mol. The molecule has 3 atom stereocenters. The van der Waals surface area contributed by atoms with E-state index in [1.807, 2.05) is 0 Å². The van der Waals surface area contributed by atoms with E-state index < -0.39 is 11.7 Å². The fourth-order valence-corrected chi connectivity index (χ4v) is 2.88. The molecule has 1 aliphatic rings. The van der Waals surface area contributed by atoms with Crippen LogP contribution in [0.25, 0.3) is 0 Å². The number of carbonyl (C=O) groups is 1. The molecule has 0 aliphatic carbocycles. The number of carbonyl (C=O) groups excluding carboxylic acids is 1. The van der Waals surface area contributed by atoms with Gasteiger partial charge in [-0.05, 0) is 50.4 Å². The maximum atomic E-state index is 12.5. The Bertz CT molecular complexity index is 534. The number of piperidine rings is 1. The van der Waals surface area contributed by atoms with Gasteiger partial charge in [0.25, 0.3) is 0 Å². The number of nitrogens with one attached hydrogen (secondary N) is 2. The minimum absolute atomic E-state index is 0. The van der Waals surface area contributed by atoms with Gasteiger partial charge in [-0.3, -0.25) is 4.79 Å². The van der Waals surface area contributed by atoms with Crippen LogP contribution in [0.5, 0.6) is 0 Å². The van der Waals surface area contributed by atoms with Crippen molar-refractivity contribution < 1.29 is 18.0 Å². The van der Waals surface area contributed by atoms with Gasteiger partial charge in [-0.2, -0.15) is 13.2 Å². The van der Waals surface area contributed by atoms with Crippen molar-refractivity contribution in [2.24, 2.45) is 5.92 Å². The molecule has 24 heavy (non-hydrogen) atoms. The van der Waals surface area contributed by atoms with E-state index in [9.17, 15) is 18.0 Å². The molecule has 3 nitrogen and oxygen atoms in total. The Hall–Kier alpha value is -1.27. The van der Waals surface area contributed by atoms with Crippen molar-refractivity contribution in [3.8, 4) is 0 Å². The second-order valence-electron chi connectivity index (χ2n) is 6.38. The third kappa shape index (κ3) is 5.98. The van der Waals surface area contributed by atoms with Gasteiger partial charge in [0.15, 0.2) is 0 Å². The van der Waals surface area contributed by atoms with Crippen LogP contribution in [-0.2, 0) is 17.4 Å². The first-order valence-corrected chi connectivity index (χ1v) is 7.95. The quantitative estimate of drug-likeness (QED) is 0.857. The number of halogens is 4. The highest BCUT2D eigenvalue weighted by Crippen LogP contribution is 2.29. The predicted molar refractivity (Wildman–Crippen MR) is 90.2 cm³/mol. The molecule has 1 aromatic carbocycles. The van der Waals surface area contributed by atoms with Crippen LogP contribution in [0.15, 0.2) is 24.3 Å². The molecule has 0 bridgehead atoms. The smallest absolute Gasteiger partial charge is 0.353 e. The van der Waals surface area contributed by atoms with Gasteiger partial charge in [-0.25, -0.2) is 0 Å². The summed E-state index contributed by atoms with van der Waals surface area (Å²) < 4.78 is 37.6. The average Bonchev–Trinajstić information content (AvgIpc) is 2.46. The molecule has 7 heteroatoms. The average molecular weight is 365 g/mol. The Morgan fingerprint density at radius 1 is 1.33 bits per heavy atom. The van der Waals surface area contributed by atoms with Crippen molar-refractivity contribution in [2.45, 2.75) is 51.4 Å². The summed E-state index contributed by atoms with van der Waals surface area (Å²) in [4.78, 5) is 12.2. The molecule has 1 aromatic rings. The summed E-state index contributed by atoms with van der Waals surface area (Å²) in [6, 6.07) is 5.58. The van der Waals surface area contributed by atoms with Crippen molar-refractivity contribution in [2.75, 3.05) is 6.54 Å². The van der Waals surface area contributed by atoms with Crippen LogP contribution in [-0.4, -0.2) is 24.5 Å². The number of amides is 1. The summed E-state index contributed by atoms with van der Waals surface area (Å²) in [6.07, 6.45) is -2.08. The highest BCUT2D eigenvalue weighted by atomic mass is 35.5. The van der Waals surface area contributed by atoms with E-state index in [2.05, 4.69) is 17.6 Å². The summed E-state index contributed by atoms with van der Waals surface area (Å²) in [5.74, 6) is -0.305. The normalized spacial score (nSPS) is 22.4. The van der Waals surface area contributed by atoms with Gasteiger partial charge < -0.3 is 10.6 Å². The molecule has 2 rings (SSSR count). The minimum atomic E-state index is -4.33. The molecule has 0 spiro atoms. The molecule has 136 valence electrons. The SMILES string of the molecule is CC1CC(NC(=O)C(C)Cc2ccc(C(F)(F)F)cc2)CCN1.Cl. The van der Waals surface area contributed by atoms with Crippen LogP contribution in [0, 0.1) is 5.92 Å². The molecule has 0 aromatic heterocycles. The Kier molecular flexibility index (Phi) is 7.55. The summed E-state index contributed by atoms with van der Waals surface area (Å²) in [7, 11) is 0. The van der Waals surface area contributed by atoms with E-state index in [1.54, 1.807) is 6.92 Å². The van der Waals surface area contributed by atoms with Crippen molar-refractivity contribution in [3.63, 3.8) is 0 Å². The number of hydrogen-bond donors (Lipinski definition) is 2. The molecule has 0 saturated carbocycles. The highest BCUT2D eigenvalue weighted by molar-refractivity contribution is 5.85. The van der Waals surface area contributed by atoms with Crippen LogP contribution in [0.1, 0.15) is 37.8 Å². The van der Waals surface area contributed by atoms with Crippen molar-refractivity contribution in [1.29, 1.82) is 0 Å². The van der Waals surface area contributed by atoms with Crippen molar-refractivity contribution in [3.05, 3.63) is 35.4 Å². The van der Waals surface area contributed by atoms with Crippen LogP contribution in [0.2, 0.25) is 0 Å². The van der Waals surface area contributed by atoms with Gasteiger partial charge in [0, 0.05) is 18.0 Å². The van der Waals surface area contributed by atoms with E-state index in [4.69, 9.17) is 0 Å². The first-order chi connectivity index (χ1) is 10.8. The van der Waals surface area contributed by atoms with Gasteiger partial charge in [-0.15, -0.1) is 12.4 Å². The van der Waals surface area contributed by atoms with E-state index in [-0.39, 0.29) is 30.3 Å². The maximum Gasteiger partial charge on any atom is 0.416 e. The van der Waals surface area contributed by atoms with Gasteiger partial charge in [0.1, 0.15) is 0 Å². The first kappa shape index (κ1) is 20.8. The Morgan fingerprint density at radius 2 is 1.96 bits per heavy atom. The topological polar surface area (TPSA) is 41.1 Å². The fourth-order valence-electron chi connectivity index (χ4n) is 2.88. The van der Waals surface area contributed by atoms with E-state index in [1.165, 1.54) is 12.1 Å². The van der Waals surface area contributed by atoms with E-state index in [0.29, 0.717) is 12.5 Å². The molecule has 1 heterocycles. The van der Waals surface area contributed by atoms with Crippen molar-refractivity contribution in [1.82, 2.24) is 10.6 Å². The predicted octanol–water partition coefficient (Wildman–Crippen LogP) is 3.56. The lowest BCUT2D eigenvalue weighted by Crippen LogP contribution is -2.48. The lowest BCUT2D eigenvalue weighted by atomic mass is 9.96. The van der Waals surface area contributed by atoms with E-state index in [0.717, 1.165) is 37.1 Å². The summed E-state index contributed by atoms with van der Waals surface area (Å²) in [5.41, 5.74) is 0.0707. The molecule has 2 N–H and O–H groups in total. The minimum Gasteiger partial charge on any atom is -0.353 e. The third-order valence-corrected chi connectivity index (χ3v) is 4.24. The Morgan fingerprint density at radius 3 is 2.50 bits per heavy atom. The first-order valence-electron chi connectivity index (χ1n) is 7.95. The summed E-state index contributed by atoms with van der Waals surface area (Å²) in [5, 5.41) is 6.37. The second kappa shape index (κ2) is 8.72. The zero-order chi connectivity index (χ0) is 17.0. The van der Waals surface area contributed by atoms with Crippen LogP contribution >= 0.6 is 12.4 Å². The van der Waals surface area contributed by atoms with Gasteiger partial charge in [0.2, 0.25) is 5.91 Å². The molecule has 1 fully saturated rings. The zero-order valence-electron chi connectivity index (χ0n) is 13.8. The number of hydrogen-bond acceptors (Lipinski definition) is 2. The molecule has 3 unspecified atom stereocenters. The Balaban J connectivity index is 0.00000288. The van der Waals surface area contributed by atoms with Gasteiger partial charge in [0.05, 0.1) is 5.56 Å². The highest BCUT2D eigenvalue weighted by Gasteiger charge is 2.30. The molecular formula is C17H24ClF3N2O. The summed E-state index contributed by atoms with van der Waals surface area (Å²) in [6.45, 7) is 4.78. The fraction of sp³-hybridized carbons (Fsp3) is 0.588. The van der Waals surface area contributed by atoms with Gasteiger partial charge in [-0.1, -0.05) is 19.1 Å². The summed E-state index contributed by atoms with van der Waals surface area (Å²) >= 11 is 0. The lowest BCUT2D eigenvalue weighted by molar-refractivity contribution is -0.137. The Labute approximate surface area is 146 Å². The second-order valence-corrected chi connectivity index (χ2v) is 6.38. The molecule has 1 aliphatic heterocycles. The van der Waals surface area contributed by atoms with Crippen LogP contribution in [0.3, 0.4) is 0 Å². The maximum absolute atomic E-state index is 12.5. The van der Waals surface area contributed by atoms with Gasteiger partial charge >= 0.3 is 6.18 Å². The number of benzene rings is 1. The standard InChI is InChI=1S/C17H23F3N2O.ClH/c1-11(16(23)22-15-7-8-21-12(2)10-15)9-13-3-5-14(6-4-13)17(18,19)20;/h3-6,11-12,15,21H,7-10H2,1-2H3,(H,22,23);1H. The largest absolute Gasteiger partial charge is 0.416 e. The lowest BCUT2D eigenvalue weighted by Gasteiger charge is -2.29. The van der Waals surface area contributed by atoms with Crippen LogP contribution in [0.4, 0.5) is 13.2 Å². The number of alkyl halides is 3. The molecule has 1 amide bonds. The molecule has 1 saturated heterocycles. The van der Waals surface area contributed by atoms with E-state index >= 15 is 0 Å². The zero-order valence-corrected chi connectivity index (χ0v) is 14.6.